The number of pyridine rings is 1. The van der Waals surface area contributed by atoms with Crippen molar-refractivity contribution in [1.82, 2.24) is 4.98 Å². The Morgan fingerprint density at radius 2 is 2.50 bits per heavy atom. The fourth-order valence-corrected chi connectivity index (χ4v) is 0.670. The van der Waals surface area contributed by atoms with E-state index in [2.05, 4.69) is 9.98 Å². The molecule has 0 spiro atoms. The van der Waals surface area contributed by atoms with E-state index in [0.29, 0.717) is 5.69 Å². The molecule has 0 saturated heterocycles. The fourth-order valence-electron chi connectivity index (χ4n) is 0.670. The lowest BCUT2D eigenvalue weighted by atomic mass is 10.4. The van der Waals surface area contributed by atoms with Gasteiger partial charge in [-0.05, 0) is 12.1 Å². The summed E-state index contributed by atoms with van der Waals surface area (Å²) >= 11 is 0. The van der Waals surface area contributed by atoms with Gasteiger partial charge in [-0.15, -0.1) is 0 Å². The average molecular weight is 164 g/mol. The minimum Gasteiger partial charge on any atom is -0.480 e. The quantitative estimate of drug-likeness (QED) is 0.665. The molecule has 1 N–H and O–H groups in total. The summed E-state index contributed by atoms with van der Waals surface area (Å²) < 4.78 is 0. The minimum atomic E-state index is -0.942. The van der Waals surface area contributed by atoms with E-state index in [0.717, 1.165) is 0 Å². The van der Waals surface area contributed by atoms with Crippen LogP contribution in [0.2, 0.25) is 0 Å². The molecule has 62 valence electrons. The summed E-state index contributed by atoms with van der Waals surface area (Å²) in [7, 11) is 0. The molecular formula is C8H8N2O2. The number of rotatable bonds is 3. The van der Waals surface area contributed by atoms with Gasteiger partial charge in [0.2, 0.25) is 0 Å². The lowest BCUT2D eigenvalue weighted by Crippen LogP contribution is -1.99. The number of carboxylic acids is 1. The van der Waals surface area contributed by atoms with Crippen LogP contribution in [-0.2, 0) is 4.79 Å². The van der Waals surface area contributed by atoms with Crippen LogP contribution in [0.5, 0.6) is 0 Å². The van der Waals surface area contributed by atoms with Gasteiger partial charge in [0.25, 0.3) is 0 Å². The highest BCUT2D eigenvalue weighted by molar-refractivity contribution is 5.79. The molecule has 0 unspecified atom stereocenters. The van der Waals surface area contributed by atoms with E-state index in [1.807, 2.05) is 6.07 Å². The normalized spacial score (nSPS) is 10.3. The summed E-state index contributed by atoms with van der Waals surface area (Å²) in [6, 6.07) is 5.36. The Bertz CT molecular complexity index is 282. The zero-order valence-electron chi connectivity index (χ0n) is 6.34. The number of aliphatic imine (C=N–C) groups is 1. The van der Waals surface area contributed by atoms with Crippen LogP contribution < -0.4 is 0 Å². The maximum absolute atomic E-state index is 10.1. The van der Waals surface area contributed by atoms with Gasteiger partial charge in [-0.3, -0.25) is 14.8 Å². The summed E-state index contributed by atoms with van der Waals surface area (Å²) in [6.45, 7) is -0.212. The van der Waals surface area contributed by atoms with E-state index in [1.54, 1.807) is 18.3 Å². The van der Waals surface area contributed by atoms with Crippen molar-refractivity contribution < 1.29 is 9.90 Å². The summed E-state index contributed by atoms with van der Waals surface area (Å²) in [5.41, 5.74) is 0.666. The molecule has 12 heavy (non-hydrogen) atoms. The number of carboxylic acid groups (broad SMARTS) is 1. The van der Waals surface area contributed by atoms with Crippen molar-refractivity contribution >= 4 is 12.2 Å². The zero-order valence-corrected chi connectivity index (χ0v) is 6.34. The van der Waals surface area contributed by atoms with Gasteiger partial charge in [-0.2, -0.15) is 0 Å². The third kappa shape index (κ3) is 2.92. The number of hydrogen-bond donors (Lipinski definition) is 1. The van der Waals surface area contributed by atoms with E-state index in [1.165, 1.54) is 6.21 Å². The molecule has 0 aliphatic carbocycles. The van der Waals surface area contributed by atoms with Crippen LogP contribution in [0.3, 0.4) is 0 Å². The molecular weight excluding hydrogens is 156 g/mol. The highest BCUT2D eigenvalue weighted by Gasteiger charge is 1.90. The second-order valence-electron chi connectivity index (χ2n) is 2.12. The lowest BCUT2D eigenvalue weighted by Gasteiger charge is -1.88. The third-order valence-electron chi connectivity index (χ3n) is 1.14. The predicted molar refractivity (Wildman–Crippen MR) is 44.3 cm³/mol. The Balaban J connectivity index is 2.52. The molecule has 1 rings (SSSR count). The van der Waals surface area contributed by atoms with Gasteiger partial charge in [0, 0.05) is 12.4 Å². The first-order chi connectivity index (χ1) is 5.79. The topological polar surface area (TPSA) is 62.5 Å². The van der Waals surface area contributed by atoms with Crippen molar-refractivity contribution in [2.75, 3.05) is 6.54 Å². The molecule has 4 nitrogen and oxygen atoms in total. The SMILES string of the molecule is O=C(O)C/N=C\c1ccccn1. The third-order valence-corrected chi connectivity index (χ3v) is 1.14. The highest BCUT2D eigenvalue weighted by Crippen LogP contribution is 1.87. The maximum atomic E-state index is 10.1. The smallest absolute Gasteiger partial charge is 0.325 e. The van der Waals surface area contributed by atoms with E-state index in [9.17, 15) is 4.79 Å². The Kier molecular flexibility index (Phi) is 2.95. The molecule has 0 saturated carbocycles. The molecule has 0 radical (unpaired) electrons. The van der Waals surface area contributed by atoms with E-state index >= 15 is 0 Å². The van der Waals surface area contributed by atoms with Crippen molar-refractivity contribution in [3.8, 4) is 0 Å². The molecule has 0 fully saturated rings. The van der Waals surface area contributed by atoms with Crippen molar-refractivity contribution in [1.29, 1.82) is 0 Å². The predicted octanol–water partition coefficient (Wildman–Crippen LogP) is 0.585. The zero-order chi connectivity index (χ0) is 8.81. The first kappa shape index (κ1) is 8.39. The number of nitrogens with zero attached hydrogens (tertiary/aromatic N) is 2. The van der Waals surface area contributed by atoms with Crippen LogP contribution >= 0.6 is 0 Å². The van der Waals surface area contributed by atoms with Crippen molar-refractivity contribution in [3.63, 3.8) is 0 Å². The van der Waals surface area contributed by atoms with Gasteiger partial charge in [-0.25, -0.2) is 0 Å². The van der Waals surface area contributed by atoms with Gasteiger partial charge < -0.3 is 5.11 Å². The number of carbonyl (C=O) groups is 1. The first-order valence-corrected chi connectivity index (χ1v) is 3.41. The van der Waals surface area contributed by atoms with Gasteiger partial charge in [0.05, 0.1) is 5.69 Å². The summed E-state index contributed by atoms with van der Waals surface area (Å²) in [5.74, 6) is -0.942. The second kappa shape index (κ2) is 4.23. The average Bonchev–Trinajstić information content (AvgIpc) is 2.05. The monoisotopic (exact) mass is 164 g/mol. The Morgan fingerprint density at radius 1 is 1.67 bits per heavy atom. The molecule has 4 heteroatoms. The van der Waals surface area contributed by atoms with E-state index in [-0.39, 0.29) is 6.54 Å². The van der Waals surface area contributed by atoms with Gasteiger partial charge >= 0.3 is 5.97 Å². The van der Waals surface area contributed by atoms with Crippen molar-refractivity contribution in [3.05, 3.63) is 30.1 Å². The van der Waals surface area contributed by atoms with Crippen molar-refractivity contribution in [2.24, 2.45) is 4.99 Å². The molecule has 0 bridgehead atoms. The van der Waals surface area contributed by atoms with Crippen LogP contribution in [0, 0.1) is 0 Å². The maximum Gasteiger partial charge on any atom is 0.325 e. The Hall–Kier alpha value is -1.71. The van der Waals surface area contributed by atoms with Crippen LogP contribution in [0.4, 0.5) is 0 Å². The molecule has 0 amide bonds. The molecule has 0 atom stereocenters. The molecule has 1 aromatic rings. The second-order valence-corrected chi connectivity index (χ2v) is 2.12. The fraction of sp³-hybridized carbons (Fsp3) is 0.125. The molecule has 1 aromatic heterocycles. The summed E-state index contributed by atoms with van der Waals surface area (Å²) in [5, 5.41) is 8.26. The van der Waals surface area contributed by atoms with E-state index in [4.69, 9.17) is 5.11 Å². The van der Waals surface area contributed by atoms with Crippen LogP contribution in [0.25, 0.3) is 0 Å². The van der Waals surface area contributed by atoms with Gasteiger partial charge in [0.15, 0.2) is 0 Å². The number of aliphatic carboxylic acids is 1. The molecule has 1 heterocycles. The summed E-state index contributed by atoms with van der Waals surface area (Å²) in [4.78, 5) is 17.6. The van der Waals surface area contributed by atoms with E-state index < -0.39 is 5.97 Å². The van der Waals surface area contributed by atoms with Crippen LogP contribution in [0.1, 0.15) is 5.69 Å². The molecule has 0 aliphatic rings. The Labute approximate surface area is 69.6 Å². The number of hydrogen-bond acceptors (Lipinski definition) is 3. The first-order valence-electron chi connectivity index (χ1n) is 3.41. The highest BCUT2D eigenvalue weighted by atomic mass is 16.4. The Morgan fingerprint density at radius 3 is 3.08 bits per heavy atom. The van der Waals surface area contributed by atoms with Crippen molar-refractivity contribution in [2.45, 2.75) is 0 Å². The lowest BCUT2D eigenvalue weighted by molar-refractivity contribution is -0.135. The van der Waals surface area contributed by atoms with Crippen LogP contribution in [-0.4, -0.2) is 28.8 Å². The summed E-state index contributed by atoms with van der Waals surface area (Å²) in [6.07, 6.45) is 3.07. The van der Waals surface area contributed by atoms with Gasteiger partial charge in [0.1, 0.15) is 6.54 Å². The van der Waals surface area contributed by atoms with Gasteiger partial charge in [-0.1, -0.05) is 6.07 Å². The largest absolute Gasteiger partial charge is 0.480 e. The standard InChI is InChI=1S/C8H8N2O2/c11-8(12)6-9-5-7-3-1-2-4-10-7/h1-5H,6H2,(H,11,12)/b9-5-. The van der Waals surface area contributed by atoms with Crippen LogP contribution in [0.15, 0.2) is 29.4 Å². The minimum absolute atomic E-state index is 0.212. The molecule has 0 aromatic carbocycles. The molecule has 0 aliphatic heterocycles. The number of aromatic nitrogens is 1.